The third-order valence-electron chi connectivity index (χ3n) is 2.34. The van der Waals surface area contributed by atoms with Crippen molar-refractivity contribution in [2.24, 2.45) is 0 Å². The van der Waals surface area contributed by atoms with E-state index in [2.05, 4.69) is 9.97 Å². The fourth-order valence-electron chi connectivity index (χ4n) is 1.54. The molecule has 1 N–H and O–H groups in total. The number of carbonyl (C=O) groups is 1. The van der Waals surface area contributed by atoms with E-state index in [4.69, 9.17) is 0 Å². The Morgan fingerprint density at radius 3 is 2.82 bits per heavy atom. The molecule has 0 aliphatic carbocycles. The molecule has 1 aromatic heterocycles. The van der Waals surface area contributed by atoms with Gasteiger partial charge in [-0.05, 0) is 11.6 Å². The van der Waals surface area contributed by atoms with Crippen molar-refractivity contribution < 1.29 is 13.6 Å². The normalized spacial score (nSPS) is 10.5. The number of aromatic amines is 1. The van der Waals surface area contributed by atoms with Crippen LogP contribution in [0.2, 0.25) is 0 Å². The summed E-state index contributed by atoms with van der Waals surface area (Å²) < 4.78 is 26.2. The first-order chi connectivity index (χ1) is 8.16. The van der Waals surface area contributed by atoms with Gasteiger partial charge in [0.1, 0.15) is 11.6 Å². The second kappa shape index (κ2) is 4.86. The molecule has 0 saturated heterocycles. The fraction of sp³-hybridized carbons (Fsp3) is 0.167. The number of hydrogen-bond donors (Lipinski definition) is 1. The van der Waals surface area contributed by atoms with Crippen molar-refractivity contribution in [1.82, 2.24) is 9.97 Å². The Kier molecular flexibility index (Phi) is 3.27. The van der Waals surface area contributed by atoms with Crippen LogP contribution in [0.1, 0.15) is 11.4 Å². The van der Waals surface area contributed by atoms with Crippen molar-refractivity contribution in [1.29, 1.82) is 0 Å². The topological polar surface area (TPSA) is 45.8 Å². The van der Waals surface area contributed by atoms with Crippen molar-refractivity contribution >= 4 is 5.78 Å². The summed E-state index contributed by atoms with van der Waals surface area (Å²) in [6.07, 6.45) is 3.09. The van der Waals surface area contributed by atoms with Crippen molar-refractivity contribution in [2.45, 2.75) is 12.8 Å². The number of hydrogen-bond acceptors (Lipinski definition) is 2. The Hall–Kier alpha value is -2.04. The summed E-state index contributed by atoms with van der Waals surface area (Å²) in [6, 6.07) is 3.81. The highest BCUT2D eigenvalue weighted by Crippen LogP contribution is 2.12. The number of carbonyl (C=O) groups excluding carboxylic acids is 1. The molecule has 0 saturated carbocycles. The van der Waals surface area contributed by atoms with Crippen molar-refractivity contribution in [3.05, 3.63) is 53.6 Å². The largest absolute Gasteiger partial charge is 0.348 e. The Balaban J connectivity index is 2.06. The molecule has 0 radical (unpaired) electrons. The van der Waals surface area contributed by atoms with Crippen LogP contribution >= 0.6 is 0 Å². The van der Waals surface area contributed by atoms with Crippen LogP contribution in [0.25, 0.3) is 0 Å². The van der Waals surface area contributed by atoms with Gasteiger partial charge in [0, 0.05) is 18.8 Å². The fourth-order valence-corrected chi connectivity index (χ4v) is 1.54. The number of nitrogens with one attached hydrogen (secondary N) is 1. The van der Waals surface area contributed by atoms with E-state index >= 15 is 0 Å². The summed E-state index contributed by atoms with van der Waals surface area (Å²) in [5, 5.41) is 0. The van der Waals surface area contributed by atoms with Gasteiger partial charge in [-0.25, -0.2) is 13.8 Å². The molecule has 0 bridgehead atoms. The SMILES string of the molecule is O=C(Cc1ncc[nH]1)Cc1cccc(F)c1F. The molecule has 0 amide bonds. The third kappa shape index (κ3) is 2.75. The summed E-state index contributed by atoms with van der Waals surface area (Å²) in [6.45, 7) is 0. The molecule has 0 fully saturated rings. The maximum absolute atomic E-state index is 13.3. The van der Waals surface area contributed by atoms with Crippen LogP contribution in [-0.4, -0.2) is 15.8 Å². The number of halogens is 2. The third-order valence-corrected chi connectivity index (χ3v) is 2.34. The summed E-state index contributed by atoms with van der Waals surface area (Å²) in [5.74, 6) is -1.59. The van der Waals surface area contributed by atoms with Gasteiger partial charge < -0.3 is 4.98 Å². The summed E-state index contributed by atoms with van der Waals surface area (Å²) in [4.78, 5) is 18.3. The lowest BCUT2D eigenvalue weighted by Crippen LogP contribution is -2.09. The standard InChI is InChI=1S/C12H10F2N2O/c13-10-3-1-2-8(12(10)14)6-9(17)7-11-15-4-5-16-11/h1-5H,6-7H2,(H,15,16). The molecule has 0 unspecified atom stereocenters. The van der Waals surface area contributed by atoms with Crippen LogP contribution in [0.3, 0.4) is 0 Å². The zero-order chi connectivity index (χ0) is 12.3. The molecule has 0 aliphatic rings. The second-order valence-corrected chi connectivity index (χ2v) is 3.64. The highest BCUT2D eigenvalue weighted by molar-refractivity contribution is 5.82. The molecule has 5 heteroatoms. The quantitative estimate of drug-likeness (QED) is 0.882. The van der Waals surface area contributed by atoms with Crippen LogP contribution in [0, 0.1) is 11.6 Å². The predicted octanol–water partition coefficient (Wildman–Crippen LogP) is 2.04. The Morgan fingerprint density at radius 1 is 1.29 bits per heavy atom. The minimum absolute atomic E-state index is 0.0709. The molecule has 2 rings (SSSR count). The van der Waals surface area contributed by atoms with Gasteiger partial charge >= 0.3 is 0 Å². The van der Waals surface area contributed by atoms with E-state index in [0.717, 1.165) is 6.07 Å². The van der Waals surface area contributed by atoms with Gasteiger partial charge in [0.2, 0.25) is 0 Å². The number of imidazole rings is 1. The molecule has 17 heavy (non-hydrogen) atoms. The van der Waals surface area contributed by atoms with Gasteiger partial charge in [0.25, 0.3) is 0 Å². The smallest absolute Gasteiger partial charge is 0.162 e. The monoisotopic (exact) mass is 236 g/mol. The van der Waals surface area contributed by atoms with Gasteiger partial charge in [-0.1, -0.05) is 12.1 Å². The van der Waals surface area contributed by atoms with E-state index in [1.807, 2.05) is 0 Å². The Morgan fingerprint density at radius 2 is 2.12 bits per heavy atom. The maximum atomic E-state index is 13.3. The van der Waals surface area contributed by atoms with E-state index in [1.165, 1.54) is 18.3 Å². The molecule has 88 valence electrons. The highest BCUT2D eigenvalue weighted by atomic mass is 19.2. The molecule has 0 atom stereocenters. The minimum atomic E-state index is -0.958. The van der Waals surface area contributed by atoms with E-state index < -0.39 is 11.6 Å². The number of aromatic nitrogens is 2. The Labute approximate surface area is 96.5 Å². The van der Waals surface area contributed by atoms with Gasteiger partial charge in [0.05, 0.1) is 6.42 Å². The molecular weight excluding hydrogens is 226 g/mol. The first-order valence-corrected chi connectivity index (χ1v) is 5.09. The maximum Gasteiger partial charge on any atom is 0.162 e. The van der Waals surface area contributed by atoms with Gasteiger partial charge in [0.15, 0.2) is 11.6 Å². The zero-order valence-electron chi connectivity index (χ0n) is 8.91. The first-order valence-electron chi connectivity index (χ1n) is 5.09. The van der Waals surface area contributed by atoms with E-state index in [9.17, 15) is 13.6 Å². The highest BCUT2D eigenvalue weighted by Gasteiger charge is 2.12. The summed E-state index contributed by atoms with van der Waals surface area (Å²) in [5.41, 5.74) is 0.0709. The van der Waals surface area contributed by atoms with Crippen molar-refractivity contribution in [2.75, 3.05) is 0 Å². The lowest BCUT2D eigenvalue weighted by atomic mass is 10.1. The number of nitrogens with zero attached hydrogens (tertiary/aromatic N) is 1. The van der Waals surface area contributed by atoms with E-state index in [-0.39, 0.29) is 24.2 Å². The molecular formula is C12H10F2N2O. The minimum Gasteiger partial charge on any atom is -0.348 e. The van der Waals surface area contributed by atoms with Gasteiger partial charge in [-0.2, -0.15) is 0 Å². The molecule has 2 aromatic rings. The molecule has 0 spiro atoms. The molecule has 1 aromatic carbocycles. The van der Waals surface area contributed by atoms with E-state index in [1.54, 1.807) is 6.20 Å². The van der Waals surface area contributed by atoms with Crippen LogP contribution in [0.4, 0.5) is 8.78 Å². The number of Topliss-reactive ketones (excluding diaryl/α,β-unsaturated/α-hetero) is 1. The average Bonchev–Trinajstić information content (AvgIpc) is 2.77. The summed E-state index contributed by atoms with van der Waals surface area (Å²) in [7, 11) is 0. The molecule has 1 heterocycles. The molecule has 0 aliphatic heterocycles. The Bertz CT molecular complexity index is 523. The number of rotatable bonds is 4. The van der Waals surface area contributed by atoms with Crippen molar-refractivity contribution in [3.63, 3.8) is 0 Å². The van der Waals surface area contributed by atoms with Crippen molar-refractivity contribution in [3.8, 4) is 0 Å². The number of H-pyrrole nitrogens is 1. The van der Waals surface area contributed by atoms with Crippen LogP contribution in [0.5, 0.6) is 0 Å². The van der Waals surface area contributed by atoms with Gasteiger partial charge in [-0.15, -0.1) is 0 Å². The van der Waals surface area contributed by atoms with Crippen LogP contribution in [-0.2, 0) is 17.6 Å². The zero-order valence-corrected chi connectivity index (χ0v) is 8.91. The number of ketones is 1. The van der Waals surface area contributed by atoms with E-state index in [0.29, 0.717) is 5.82 Å². The predicted molar refractivity (Wildman–Crippen MR) is 57.4 cm³/mol. The van der Waals surface area contributed by atoms with Crippen LogP contribution in [0.15, 0.2) is 30.6 Å². The van der Waals surface area contributed by atoms with Gasteiger partial charge in [-0.3, -0.25) is 4.79 Å². The first kappa shape index (κ1) is 11.4. The van der Waals surface area contributed by atoms with Crippen LogP contribution < -0.4 is 0 Å². The number of benzene rings is 1. The second-order valence-electron chi connectivity index (χ2n) is 3.64. The lowest BCUT2D eigenvalue weighted by molar-refractivity contribution is -0.117. The average molecular weight is 236 g/mol. The summed E-state index contributed by atoms with van der Waals surface area (Å²) >= 11 is 0. The molecule has 3 nitrogen and oxygen atoms in total. The lowest BCUT2D eigenvalue weighted by Gasteiger charge is -2.02.